The zero-order chi connectivity index (χ0) is 13.0. The van der Waals surface area contributed by atoms with Gasteiger partial charge in [-0.15, -0.1) is 10.2 Å². The van der Waals surface area contributed by atoms with Gasteiger partial charge in [0.1, 0.15) is 10.8 Å². The van der Waals surface area contributed by atoms with Gasteiger partial charge >= 0.3 is 0 Å². The van der Waals surface area contributed by atoms with Crippen LogP contribution in [0.25, 0.3) is 0 Å². The van der Waals surface area contributed by atoms with E-state index in [0.717, 1.165) is 5.01 Å². The number of carbonyl (C=O) groups excluding carboxylic acids is 1. The second-order valence-corrected chi connectivity index (χ2v) is 4.95. The van der Waals surface area contributed by atoms with Gasteiger partial charge < -0.3 is 5.32 Å². The smallest absolute Gasteiger partial charge is 0.226 e. The Kier molecular flexibility index (Phi) is 3.99. The topological polar surface area (TPSA) is 54.9 Å². The number of halogens is 1. The minimum absolute atomic E-state index is 0.186. The van der Waals surface area contributed by atoms with E-state index in [9.17, 15) is 9.18 Å². The van der Waals surface area contributed by atoms with Gasteiger partial charge in [0.25, 0.3) is 0 Å². The van der Waals surface area contributed by atoms with Crippen molar-refractivity contribution in [2.24, 2.45) is 0 Å². The van der Waals surface area contributed by atoms with Gasteiger partial charge in [-0.25, -0.2) is 4.39 Å². The normalized spacial score (nSPS) is 10.3. The van der Waals surface area contributed by atoms with E-state index in [1.807, 2.05) is 6.92 Å². The Bertz CT molecular complexity index is 556. The first-order chi connectivity index (χ1) is 8.65. The summed E-state index contributed by atoms with van der Waals surface area (Å²) >= 11 is 1.31. The van der Waals surface area contributed by atoms with Crippen LogP contribution in [0.1, 0.15) is 17.0 Å². The van der Waals surface area contributed by atoms with Crippen LogP contribution in [0.15, 0.2) is 24.3 Å². The lowest BCUT2D eigenvalue weighted by molar-refractivity contribution is -0.116. The van der Waals surface area contributed by atoms with Gasteiger partial charge in [0.2, 0.25) is 11.0 Å². The van der Waals surface area contributed by atoms with Crippen molar-refractivity contribution in [2.75, 3.05) is 5.32 Å². The van der Waals surface area contributed by atoms with E-state index in [2.05, 4.69) is 15.5 Å². The van der Waals surface area contributed by atoms with Crippen LogP contribution in [0.5, 0.6) is 0 Å². The molecule has 2 aromatic rings. The van der Waals surface area contributed by atoms with Gasteiger partial charge in [-0.1, -0.05) is 29.5 Å². The first-order valence-corrected chi connectivity index (χ1v) is 6.30. The van der Waals surface area contributed by atoms with Crippen molar-refractivity contribution in [3.8, 4) is 0 Å². The highest BCUT2D eigenvalue weighted by Gasteiger charge is 2.08. The predicted octanol–water partition coefficient (Wildman–Crippen LogP) is 2.56. The van der Waals surface area contributed by atoms with Crippen LogP contribution < -0.4 is 5.32 Å². The van der Waals surface area contributed by atoms with E-state index in [0.29, 0.717) is 17.1 Å². The number of rotatable bonds is 4. The van der Waals surface area contributed by atoms with Crippen LogP contribution in [0.2, 0.25) is 0 Å². The maximum absolute atomic E-state index is 13.3. The monoisotopic (exact) mass is 265 g/mol. The Morgan fingerprint density at radius 3 is 2.83 bits per heavy atom. The number of nitrogens with zero attached hydrogens (tertiary/aromatic N) is 2. The van der Waals surface area contributed by atoms with Crippen LogP contribution in [0.4, 0.5) is 9.52 Å². The van der Waals surface area contributed by atoms with E-state index in [-0.39, 0.29) is 18.1 Å². The summed E-state index contributed by atoms with van der Waals surface area (Å²) in [4.78, 5) is 11.6. The van der Waals surface area contributed by atoms with Gasteiger partial charge in [-0.3, -0.25) is 4.79 Å². The molecule has 0 aliphatic rings. The SMILES string of the molecule is Cc1nnc(NC(=O)CCc2ccccc2F)s1. The zero-order valence-electron chi connectivity index (χ0n) is 9.81. The van der Waals surface area contributed by atoms with E-state index in [1.165, 1.54) is 17.4 Å². The summed E-state index contributed by atoms with van der Waals surface area (Å²) in [5.74, 6) is -0.466. The quantitative estimate of drug-likeness (QED) is 0.924. The summed E-state index contributed by atoms with van der Waals surface area (Å²) in [5.41, 5.74) is 0.543. The minimum atomic E-state index is -0.281. The Balaban J connectivity index is 1.87. The fourth-order valence-electron chi connectivity index (χ4n) is 1.48. The average Bonchev–Trinajstić information content (AvgIpc) is 2.74. The van der Waals surface area contributed by atoms with Crippen molar-refractivity contribution in [1.29, 1.82) is 0 Å². The molecular formula is C12H12FN3OS. The number of nitrogens with one attached hydrogen (secondary N) is 1. The Hall–Kier alpha value is -1.82. The van der Waals surface area contributed by atoms with Crippen LogP contribution >= 0.6 is 11.3 Å². The molecule has 0 radical (unpaired) electrons. The van der Waals surface area contributed by atoms with Gasteiger partial charge in [0, 0.05) is 6.42 Å². The molecule has 1 aromatic heterocycles. The van der Waals surface area contributed by atoms with Gasteiger partial charge in [-0.05, 0) is 25.0 Å². The number of anilines is 1. The molecule has 18 heavy (non-hydrogen) atoms. The van der Waals surface area contributed by atoms with Crippen LogP contribution in [-0.2, 0) is 11.2 Å². The predicted molar refractivity (Wildman–Crippen MR) is 68.0 cm³/mol. The second kappa shape index (κ2) is 5.68. The number of carbonyl (C=O) groups is 1. The number of benzene rings is 1. The van der Waals surface area contributed by atoms with E-state index in [4.69, 9.17) is 0 Å². The third-order valence-electron chi connectivity index (χ3n) is 2.35. The molecule has 0 saturated carbocycles. The minimum Gasteiger partial charge on any atom is -0.301 e. The van der Waals surface area contributed by atoms with Crippen molar-refractivity contribution >= 4 is 22.4 Å². The summed E-state index contributed by atoms with van der Waals surface area (Å²) in [7, 11) is 0. The first kappa shape index (κ1) is 12.6. The summed E-state index contributed by atoms with van der Waals surface area (Å²) < 4.78 is 13.3. The maximum Gasteiger partial charge on any atom is 0.226 e. The lowest BCUT2D eigenvalue weighted by Crippen LogP contribution is -2.12. The average molecular weight is 265 g/mol. The van der Waals surface area contributed by atoms with Gasteiger partial charge in [0.15, 0.2) is 0 Å². The Labute approximate surface area is 108 Å². The molecule has 4 nitrogen and oxygen atoms in total. The molecule has 1 N–H and O–H groups in total. The van der Waals surface area contributed by atoms with Crippen molar-refractivity contribution in [3.05, 3.63) is 40.7 Å². The van der Waals surface area contributed by atoms with Gasteiger partial charge in [-0.2, -0.15) is 0 Å². The summed E-state index contributed by atoms with van der Waals surface area (Å²) in [5, 5.41) is 11.5. The van der Waals surface area contributed by atoms with Crippen molar-refractivity contribution < 1.29 is 9.18 Å². The molecule has 94 valence electrons. The highest BCUT2D eigenvalue weighted by molar-refractivity contribution is 7.15. The standard InChI is InChI=1S/C12H12FN3OS/c1-8-15-16-12(18-8)14-11(17)7-6-9-4-2-3-5-10(9)13/h2-5H,6-7H2,1H3,(H,14,16,17). The molecular weight excluding hydrogens is 253 g/mol. The molecule has 0 atom stereocenters. The molecule has 6 heteroatoms. The molecule has 1 heterocycles. The van der Waals surface area contributed by atoms with E-state index in [1.54, 1.807) is 18.2 Å². The third kappa shape index (κ3) is 3.33. The highest BCUT2D eigenvalue weighted by Crippen LogP contribution is 2.14. The molecule has 0 spiro atoms. The van der Waals surface area contributed by atoms with Crippen LogP contribution in [0, 0.1) is 12.7 Å². The molecule has 2 rings (SSSR count). The number of amides is 1. The van der Waals surface area contributed by atoms with E-state index >= 15 is 0 Å². The van der Waals surface area contributed by atoms with Crippen molar-refractivity contribution in [2.45, 2.75) is 19.8 Å². The summed E-state index contributed by atoms with van der Waals surface area (Å²) in [6.45, 7) is 1.81. The second-order valence-electron chi connectivity index (χ2n) is 3.77. The fourth-order valence-corrected chi connectivity index (χ4v) is 2.09. The Morgan fingerprint density at radius 1 is 1.39 bits per heavy atom. The molecule has 0 unspecified atom stereocenters. The largest absolute Gasteiger partial charge is 0.301 e. The summed E-state index contributed by atoms with van der Waals surface area (Å²) in [6.07, 6.45) is 0.593. The molecule has 0 aliphatic heterocycles. The Morgan fingerprint density at radius 2 is 2.17 bits per heavy atom. The number of aromatic nitrogens is 2. The lowest BCUT2D eigenvalue weighted by atomic mass is 10.1. The van der Waals surface area contributed by atoms with Crippen molar-refractivity contribution in [3.63, 3.8) is 0 Å². The number of aryl methyl sites for hydroxylation is 2. The van der Waals surface area contributed by atoms with Crippen LogP contribution in [-0.4, -0.2) is 16.1 Å². The molecule has 1 aromatic carbocycles. The van der Waals surface area contributed by atoms with Crippen LogP contribution in [0.3, 0.4) is 0 Å². The number of hydrogen-bond donors (Lipinski definition) is 1. The van der Waals surface area contributed by atoms with Gasteiger partial charge in [0.05, 0.1) is 0 Å². The summed E-state index contributed by atoms with van der Waals surface area (Å²) in [6, 6.07) is 6.45. The molecule has 1 amide bonds. The lowest BCUT2D eigenvalue weighted by Gasteiger charge is -2.02. The third-order valence-corrected chi connectivity index (χ3v) is 3.11. The van der Waals surface area contributed by atoms with E-state index < -0.39 is 0 Å². The highest BCUT2D eigenvalue weighted by atomic mass is 32.1. The first-order valence-electron chi connectivity index (χ1n) is 5.48. The molecule has 0 fully saturated rings. The fraction of sp³-hybridized carbons (Fsp3) is 0.250. The molecule has 0 bridgehead atoms. The zero-order valence-corrected chi connectivity index (χ0v) is 10.6. The molecule has 0 saturated heterocycles. The number of hydrogen-bond acceptors (Lipinski definition) is 4. The maximum atomic E-state index is 13.3. The molecule has 0 aliphatic carbocycles. The van der Waals surface area contributed by atoms with Crippen molar-refractivity contribution in [1.82, 2.24) is 10.2 Å².